The smallest absolute Gasteiger partial charge is 0.185 e. The molecule has 0 aliphatic rings. The van der Waals surface area contributed by atoms with Crippen LogP contribution in [0.1, 0.15) is 51.5 Å². The molecule has 0 aliphatic heterocycles. The molecule has 5 nitrogen and oxygen atoms in total. The maximum Gasteiger partial charge on any atom is 0.185 e. The normalized spacial score (nSPS) is 12.1. The molecule has 0 unspecified atom stereocenters. The first-order valence-electron chi connectivity index (χ1n) is 8.34. The Morgan fingerprint density at radius 2 is 2.08 bits per heavy atom. The summed E-state index contributed by atoms with van der Waals surface area (Å²) in [5, 5.41) is 4.06. The Morgan fingerprint density at radius 3 is 2.80 bits per heavy atom. The minimum absolute atomic E-state index is 0.00245. The number of nitrogens with zero attached hydrogens (tertiary/aromatic N) is 3. The highest BCUT2D eigenvalue weighted by molar-refractivity contribution is 5.95. The van der Waals surface area contributed by atoms with Crippen LogP contribution in [0.2, 0.25) is 0 Å². The van der Waals surface area contributed by atoms with Crippen LogP contribution in [0.5, 0.6) is 0 Å². The molecule has 1 atom stereocenters. The third kappa shape index (κ3) is 4.18. The molecule has 0 spiro atoms. The van der Waals surface area contributed by atoms with Crippen LogP contribution in [-0.4, -0.2) is 20.9 Å². The van der Waals surface area contributed by atoms with Crippen molar-refractivity contribution in [1.82, 2.24) is 15.1 Å². The molecule has 0 saturated carbocycles. The zero-order chi connectivity index (χ0) is 17.8. The van der Waals surface area contributed by atoms with Crippen molar-refractivity contribution in [3.05, 3.63) is 76.7 Å². The van der Waals surface area contributed by atoms with E-state index >= 15 is 0 Å². The summed E-state index contributed by atoms with van der Waals surface area (Å²) in [5.41, 5.74) is 4.68. The summed E-state index contributed by atoms with van der Waals surface area (Å²) < 4.78 is 5.01. The van der Waals surface area contributed by atoms with Crippen molar-refractivity contribution in [2.45, 2.75) is 39.5 Å². The number of carbonyl (C=O) groups is 1. The van der Waals surface area contributed by atoms with Gasteiger partial charge in [-0.2, -0.15) is 0 Å². The predicted molar refractivity (Wildman–Crippen MR) is 94.6 cm³/mol. The topological polar surface area (TPSA) is 68.9 Å². The van der Waals surface area contributed by atoms with Gasteiger partial charge in [-0.25, -0.2) is 9.97 Å². The Bertz CT molecular complexity index is 886. The van der Waals surface area contributed by atoms with Crippen molar-refractivity contribution in [1.29, 1.82) is 0 Å². The molecule has 0 fully saturated rings. The first-order chi connectivity index (χ1) is 12.0. The summed E-state index contributed by atoms with van der Waals surface area (Å²) in [6.07, 6.45) is 4.43. The Hall–Kier alpha value is -2.82. The summed E-state index contributed by atoms with van der Waals surface area (Å²) in [7, 11) is 0. The third-order valence-electron chi connectivity index (χ3n) is 4.29. The van der Waals surface area contributed by atoms with E-state index in [9.17, 15) is 4.79 Å². The van der Waals surface area contributed by atoms with Crippen LogP contribution in [0.3, 0.4) is 0 Å². The molecule has 0 amide bonds. The number of rotatable bonds is 6. The van der Waals surface area contributed by atoms with Crippen LogP contribution < -0.4 is 0 Å². The van der Waals surface area contributed by atoms with Crippen molar-refractivity contribution < 1.29 is 9.32 Å². The second-order valence-electron chi connectivity index (χ2n) is 6.38. The standard InChI is InChI=1S/C20H21N3O2/c1-13(9-19-14(2)12-25-23-19)17-6-4-5-16(10-17)11-20(24)18-7-8-21-15(3)22-18/h4-8,10,12-13H,9,11H2,1-3H3/t13-/m0/s1. The van der Waals surface area contributed by atoms with Gasteiger partial charge in [-0.3, -0.25) is 4.79 Å². The zero-order valence-electron chi connectivity index (χ0n) is 14.7. The van der Waals surface area contributed by atoms with Gasteiger partial charge in [-0.15, -0.1) is 0 Å². The second-order valence-corrected chi connectivity index (χ2v) is 6.38. The van der Waals surface area contributed by atoms with Gasteiger partial charge in [-0.05, 0) is 43.4 Å². The summed E-state index contributed by atoms with van der Waals surface area (Å²) in [4.78, 5) is 20.7. The van der Waals surface area contributed by atoms with Crippen LogP contribution in [0, 0.1) is 13.8 Å². The minimum Gasteiger partial charge on any atom is -0.364 e. The molecular formula is C20H21N3O2. The number of Topliss-reactive ketones (excluding diaryl/α,β-unsaturated/α-hetero) is 1. The first kappa shape index (κ1) is 17.0. The molecule has 3 aromatic rings. The lowest BCUT2D eigenvalue weighted by atomic mass is 9.93. The van der Waals surface area contributed by atoms with Gasteiger partial charge in [0, 0.05) is 18.2 Å². The highest BCUT2D eigenvalue weighted by atomic mass is 16.5. The van der Waals surface area contributed by atoms with Crippen LogP contribution in [-0.2, 0) is 12.8 Å². The SMILES string of the molecule is Cc1nccc(C(=O)Cc2cccc([C@@H](C)Cc3nocc3C)c2)n1. The van der Waals surface area contributed by atoms with E-state index in [2.05, 4.69) is 34.2 Å². The van der Waals surface area contributed by atoms with E-state index in [1.807, 2.05) is 19.1 Å². The van der Waals surface area contributed by atoms with E-state index in [4.69, 9.17) is 4.52 Å². The van der Waals surface area contributed by atoms with Gasteiger partial charge in [-0.1, -0.05) is 36.3 Å². The third-order valence-corrected chi connectivity index (χ3v) is 4.29. The van der Waals surface area contributed by atoms with E-state index < -0.39 is 0 Å². The van der Waals surface area contributed by atoms with Crippen molar-refractivity contribution >= 4 is 5.78 Å². The van der Waals surface area contributed by atoms with Crippen molar-refractivity contribution in [2.24, 2.45) is 0 Å². The fourth-order valence-electron chi connectivity index (χ4n) is 2.81. The van der Waals surface area contributed by atoms with Crippen LogP contribution in [0.4, 0.5) is 0 Å². The number of aryl methyl sites for hydroxylation is 2. The van der Waals surface area contributed by atoms with Gasteiger partial charge in [0.25, 0.3) is 0 Å². The van der Waals surface area contributed by atoms with Gasteiger partial charge >= 0.3 is 0 Å². The summed E-state index contributed by atoms with van der Waals surface area (Å²) in [6, 6.07) is 9.81. The largest absolute Gasteiger partial charge is 0.364 e. The molecule has 3 rings (SSSR count). The second kappa shape index (κ2) is 7.38. The molecule has 0 N–H and O–H groups in total. The fourth-order valence-corrected chi connectivity index (χ4v) is 2.81. The minimum atomic E-state index is 0.00245. The number of benzene rings is 1. The van der Waals surface area contributed by atoms with Crippen molar-refractivity contribution in [3.63, 3.8) is 0 Å². The van der Waals surface area contributed by atoms with Crippen molar-refractivity contribution in [2.75, 3.05) is 0 Å². The maximum atomic E-state index is 12.4. The van der Waals surface area contributed by atoms with Gasteiger partial charge in [0.15, 0.2) is 5.78 Å². The Morgan fingerprint density at radius 1 is 1.24 bits per heavy atom. The molecule has 1 aromatic carbocycles. The van der Waals surface area contributed by atoms with Crippen LogP contribution >= 0.6 is 0 Å². The lowest BCUT2D eigenvalue weighted by Gasteiger charge is -2.12. The molecule has 2 heterocycles. The zero-order valence-corrected chi connectivity index (χ0v) is 14.7. The molecular weight excluding hydrogens is 314 g/mol. The van der Waals surface area contributed by atoms with Crippen molar-refractivity contribution in [3.8, 4) is 0 Å². The number of hydrogen-bond donors (Lipinski definition) is 0. The van der Waals surface area contributed by atoms with E-state index in [0.717, 1.165) is 23.2 Å². The quantitative estimate of drug-likeness (QED) is 0.640. The molecule has 25 heavy (non-hydrogen) atoms. The van der Waals surface area contributed by atoms with E-state index in [1.54, 1.807) is 25.5 Å². The summed E-state index contributed by atoms with van der Waals surface area (Å²) in [5.74, 6) is 0.902. The molecule has 0 radical (unpaired) electrons. The number of hydrogen-bond acceptors (Lipinski definition) is 5. The first-order valence-corrected chi connectivity index (χ1v) is 8.34. The predicted octanol–water partition coefficient (Wildman–Crippen LogP) is 3.85. The van der Waals surface area contributed by atoms with Gasteiger partial charge in [0.05, 0.1) is 5.69 Å². The van der Waals surface area contributed by atoms with E-state index in [-0.39, 0.29) is 5.78 Å². The Balaban J connectivity index is 1.73. The highest BCUT2D eigenvalue weighted by Crippen LogP contribution is 2.22. The Labute approximate surface area is 147 Å². The van der Waals surface area contributed by atoms with Crippen LogP contribution in [0.15, 0.2) is 47.3 Å². The molecule has 0 bridgehead atoms. The average Bonchev–Trinajstić information content (AvgIpc) is 3.00. The fraction of sp³-hybridized carbons (Fsp3) is 0.300. The number of ketones is 1. The van der Waals surface area contributed by atoms with Gasteiger partial charge in [0.2, 0.25) is 0 Å². The lowest BCUT2D eigenvalue weighted by Crippen LogP contribution is -2.08. The van der Waals surface area contributed by atoms with Crippen LogP contribution in [0.25, 0.3) is 0 Å². The highest BCUT2D eigenvalue weighted by Gasteiger charge is 2.14. The number of carbonyl (C=O) groups excluding carboxylic acids is 1. The number of aromatic nitrogens is 3. The monoisotopic (exact) mass is 335 g/mol. The molecule has 0 saturated heterocycles. The molecule has 5 heteroatoms. The van der Waals surface area contributed by atoms with Gasteiger partial charge in [0.1, 0.15) is 17.8 Å². The van der Waals surface area contributed by atoms with Gasteiger partial charge < -0.3 is 4.52 Å². The Kier molecular flexibility index (Phi) is 5.03. The molecule has 2 aromatic heterocycles. The average molecular weight is 335 g/mol. The summed E-state index contributed by atoms with van der Waals surface area (Å²) >= 11 is 0. The molecule has 0 aliphatic carbocycles. The maximum absolute atomic E-state index is 12.4. The van der Waals surface area contributed by atoms with E-state index in [0.29, 0.717) is 23.9 Å². The van der Waals surface area contributed by atoms with E-state index in [1.165, 1.54) is 5.56 Å². The molecule has 128 valence electrons. The summed E-state index contributed by atoms with van der Waals surface area (Å²) in [6.45, 7) is 5.94. The lowest BCUT2D eigenvalue weighted by molar-refractivity contribution is 0.0988.